The Morgan fingerprint density at radius 3 is 1.79 bits per heavy atom. The van der Waals surface area contributed by atoms with Crippen molar-refractivity contribution in [3.05, 3.63) is 34.3 Å². The smallest absolute Gasteiger partial charge is 0.343 e. The second-order valence-electron chi connectivity index (χ2n) is 30.1. The molecule has 8 rings (SSSR count). The summed E-state index contributed by atoms with van der Waals surface area (Å²) < 4.78 is 41.6. The number of benzene rings is 1. The molecule has 7 fully saturated rings. The van der Waals surface area contributed by atoms with Gasteiger partial charge < -0.3 is 60.0 Å². The minimum atomic E-state index is -4.76. The molecule has 3 heterocycles. The Labute approximate surface area is 592 Å². The Morgan fingerprint density at radius 2 is 1.19 bits per heavy atom. The van der Waals surface area contributed by atoms with Crippen LogP contribution in [-0.4, -0.2) is 251 Å². The van der Waals surface area contributed by atoms with E-state index in [1.807, 2.05) is 13.8 Å². The summed E-state index contributed by atoms with van der Waals surface area (Å²) in [5.41, 5.74) is -2.33. The number of carbonyl (C=O) groups excluding carboxylic acids is 12. The number of halogens is 4. The normalized spacial score (nSPS) is 27.4. The second-order valence-corrected chi connectivity index (χ2v) is 30.5. The summed E-state index contributed by atoms with van der Waals surface area (Å²) in [6.45, 7) is 2.94. The van der Waals surface area contributed by atoms with Gasteiger partial charge >= 0.3 is 6.18 Å². The molecule has 100 heavy (non-hydrogen) atoms. The number of nitrogens with one attached hydrogen (secondary N) is 3. The highest BCUT2D eigenvalue weighted by atomic mass is 35.5. The van der Waals surface area contributed by atoms with Crippen molar-refractivity contribution in [2.24, 2.45) is 23.7 Å². The fourth-order valence-corrected chi connectivity index (χ4v) is 16.5. The Bertz CT molecular complexity index is 3150. The van der Waals surface area contributed by atoms with Crippen molar-refractivity contribution >= 4 is 82.5 Å². The van der Waals surface area contributed by atoms with E-state index in [1.54, 1.807) is 4.90 Å². The number of hydrogen-bond donors (Lipinski definition) is 3. The van der Waals surface area contributed by atoms with Crippen LogP contribution in [0.4, 0.5) is 13.2 Å². The Balaban J connectivity index is 1.16. The van der Waals surface area contributed by atoms with Gasteiger partial charge in [-0.2, -0.15) is 13.2 Å². The van der Waals surface area contributed by atoms with Crippen LogP contribution < -0.4 is 16.0 Å². The van der Waals surface area contributed by atoms with Crippen molar-refractivity contribution in [2.75, 3.05) is 88.6 Å². The highest BCUT2D eigenvalue weighted by Crippen LogP contribution is 2.39. The van der Waals surface area contributed by atoms with Gasteiger partial charge in [0.15, 0.2) is 0 Å². The predicted molar refractivity (Wildman–Crippen MR) is 367 cm³/mol. The van der Waals surface area contributed by atoms with E-state index in [4.69, 9.17) is 11.6 Å². The molecule has 556 valence electrons. The molecule has 3 saturated heterocycles. The van der Waals surface area contributed by atoms with E-state index < -0.39 is 167 Å². The first-order valence-corrected chi connectivity index (χ1v) is 36.9. The molecule has 12 amide bonds. The van der Waals surface area contributed by atoms with E-state index in [0.717, 1.165) is 79.7 Å². The maximum absolute atomic E-state index is 15.8. The van der Waals surface area contributed by atoms with Crippen molar-refractivity contribution in [1.29, 1.82) is 0 Å². The van der Waals surface area contributed by atoms with Crippen LogP contribution in [0.3, 0.4) is 0 Å². The number of carbonyl (C=O) groups is 12. The monoisotopic (exact) mass is 1420 g/mol. The molecule has 24 nitrogen and oxygen atoms in total. The number of fused-ring (bicyclic) bond motifs is 1. The zero-order chi connectivity index (χ0) is 73.1. The second kappa shape index (κ2) is 34.7. The molecular weight excluding hydrogens is 1320 g/mol. The van der Waals surface area contributed by atoms with Gasteiger partial charge in [0.1, 0.15) is 47.8 Å². The quantitative estimate of drug-likeness (QED) is 0.251. The SMILES string of the molecule is CC(C)C[C@H]1C(=O)N[C@@H](C2CCC2)C(=O)N(C)CC(=O)N(C)CC(=O)N(C)[C@@H](CC2CCCCC2)C(=O)N(C)CC(=O)N[C@@H](CCc2ccc(C(F)(F)F)c(Cl)c2)C(=O)N2CCC[C@H]2C(=O)NC2(CCCC2)C(=O)N(C)[C@@H](C2CCCCC2)C(=O)N(C)[C@H](C(=O)N2CCCC2)CC(=O)N1C. The molecular formula is C72H108ClF3N12O12. The summed E-state index contributed by atoms with van der Waals surface area (Å²) in [6, 6.07) is -5.36. The lowest BCUT2D eigenvalue weighted by Gasteiger charge is -2.43. The topological polar surface area (TPSA) is 270 Å². The lowest BCUT2D eigenvalue weighted by Crippen LogP contribution is -2.65. The zero-order valence-electron chi connectivity index (χ0n) is 60.1. The van der Waals surface area contributed by atoms with Crippen LogP contribution in [0.15, 0.2) is 18.2 Å². The van der Waals surface area contributed by atoms with Crippen LogP contribution in [0.1, 0.15) is 185 Å². The average Bonchev–Trinajstić information content (AvgIpc) is 1.43. The van der Waals surface area contributed by atoms with Gasteiger partial charge in [-0.3, -0.25) is 57.5 Å². The summed E-state index contributed by atoms with van der Waals surface area (Å²) >= 11 is 6.16. The third kappa shape index (κ3) is 19.2. The molecule has 0 bridgehead atoms. The number of hydrogen-bond acceptors (Lipinski definition) is 12. The van der Waals surface area contributed by atoms with E-state index in [-0.39, 0.29) is 69.2 Å². The summed E-state index contributed by atoms with van der Waals surface area (Å²) in [6.07, 6.45) is 7.91. The van der Waals surface area contributed by atoms with Crippen molar-refractivity contribution in [3.8, 4) is 0 Å². The number of rotatable bonds is 10. The Morgan fingerprint density at radius 1 is 0.590 bits per heavy atom. The van der Waals surface area contributed by atoms with Crippen LogP contribution in [0.5, 0.6) is 0 Å². The third-order valence-electron chi connectivity index (χ3n) is 22.5. The van der Waals surface area contributed by atoms with Crippen LogP contribution in [0.25, 0.3) is 0 Å². The molecule has 1 aromatic rings. The first-order valence-electron chi connectivity index (χ1n) is 36.5. The minimum absolute atomic E-state index is 0.0249. The van der Waals surface area contributed by atoms with Crippen molar-refractivity contribution in [2.45, 2.75) is 235 Å². The first kappa shape index (κ1) is 78.7. The molecule has 7 atom stereocenters. The van der Waals surface area contributed by atoms with Gasteiger partial charge in [-0.25, -0.2) is 0 Å². The minimum Gasteiger partial charge on any atom is -0.343 e. The molecule has 7 aliphatic rings. The molecule has 0 unspecified atom stereocenters. The molecule has 1 spiro atoms. The molecule has 4 saturated carbocycles. The highest BCUT2D eigenvalue weighted by Gasteiger charge is 2.52. The average molecular weight is 1430 g/mol. The summed E-state index contributed by atoms with van der Waals surface area (Å²) in [4.78, 5) is 191. The molecule has 3 N–H and O–H groups in total. The summed E-state index contributed by atoms with van der Waals surface area (Å²) in [5, 5.41) is 8.24. The van der Waals surface area contributed by atoms with Gasteiger partial charge in [0, 0.05) is 69.0 Å². The molecule has 3 aliphatic heterocycles. The molecule has 0 radical (unpaired) electrons. The maximum atomic E-state index is 15.8. The van der Waals surface area contributed by atoms with E-state index in [0.29, 0.717) is 76.4 Å². The Hall–Kier alpha value is -7.06. The van der Waals surface area contributed by atoms with E-state index in [9.17, 15) is 46.7 Å². The van der Waals surface area contributed by atoms with Crippen molar-refractivity contribution in [3.63, 3.8) is 0 Å². The van der Waals surface area contributed by atoms with E-state index in [2.05, 4.69) is 16.0 Å². The van der Waals surface area contributed by atoms with Crippen LogP contribution in [-0.2, 0) is 70.1 Å². The Kier molecular flexibility index (Phi) is 27.3. The number of alkyl halides is 3. The molecule has 1 aromatic carbocycles. The van der Waals surface area contributed by atoms with Gasteiger partial charge in [-0.1, -0.05) is 102 Å². The summed E-state index contributed by atoms with van der Waals surface area (Å²) in [5.74, 6) is -8.33. The molecule has 4 aliphatic carbocycles. The van der Waals surface area contributed by atoms with Gasteiger partial charge in [-0.05, 0) is 131 Å². The number of amides is 12. The lowest BCUT2D eigenvalue weighted by atomic mass is 9.79. The fraction of sp³-hybridized carbons (Fsp3) is 0.750. The predicted octanol–water partition coefficient (Wildman–Crippen LogP) is 5.79. The van der Waals surface area contributed by atoms with Gasteiger partial charge in [0.25, 0.3) is 0 Å². The lowest BCUT2D eigenvalue weighted by molar-refractivity contribution is -0.156. The van der Waals surface area contributed by atoms with Gasteiger partial charge in [0.05, 0.1) is 36.6 Å². The number of likely N-dealkylation sites (tertiary alicyclic amines) is 1. The van der Waals surface area contributed by atoms with Crippen LogP contribution in [0.2, 0.25) is 5.02 Å². The van der Waals surface area contributed by atoms with E-state index in [1.165, 1.54) is 84.8 Å². The van der Waals surface area contributed by atoms with E-state index >= 15 is 24.0 Å². The number of likely N-dealkylation sites (N-methyl/N-ethyl adjacent to an activating group) is 7. The zero-order valence-corrected chi connectivity index (χ0v) is 60.9. The molecule has 0 aromatic heterocycles. The van der Waals surface area contributed by atoms with Crippen LogP contribution in [0, 0.1) is 23.7 Å². The highest BCUT2D eigenvalue weighted by molar-refractivity contribution is 6.31. The largest absolute Gasteiger partial charge is 0.417 e. The van der Waals surface area contributed by atoms with Crippen LogP contribution >= 0.6 is 11.6 Å². The molecule has 28 heteroatoms. The standard InChI is InChI=1S/C72H108ClF3N12O12/c1-45(2)38-54-63(93)78-61(48-26-20-27-48)68(98)82(5)43-59(91)80(3)44-60(92)84(7)55(40-46-22-12-10-13-23-46)66(96)81(4)42-57(89)77-52(32-30-47-29-31-50(51(73)39-47)72(74,75)76)65(95)88-37-21-28-53(88)64(94)79-71(33-16-17-34-71)70(100)86(9)62(49-24-14-11-15-25-49)69(99)85(8)56(41-58(90)83(54)6)67(97)87-35-18-19-36-87/h29,31,39,45-46,48-49,52-56,61-62H,10-28,30,32-38,40-44H2,1-9H3,(H,77,89)(H,78,93)(H,79,94)/t52-,53-,54-,55-,56-,61-,62-/m0/s1. The number of aryl methyl sites for hydroxylation is 1. The number of nitrogens with zero attached hydrogens (tertiary/aromatic N) is 9. The maximum Gasteiger partial charge on any atom is 0.417 e. The third-order valence-corrected chi connectivity index (χ3v) is 22.8. The van der Waals surface area contributed by atoms with Crippen molar-refractivity contribution in [1.82, 2.24) is 60.0 Å². The van der Waals surface area contributed by atoms with Gasteiger partial charge in [-0.15, -0.1) is 0 Å². The summed E-state index contributed by atoms with van der Waals surface area (Å²) in [7, 11) is 10.1. The first-order chi connectivity index (χ1) is 47.3. The van der Waals surface area contributed by atoms with Crippen molar-refractivity contribution < 1.29 is 70.7 Å². The van der Waals surface area contributed by atoms with Gasteiger partial charge in [0.2, 0.25) is 70.9 Å². The fourth-order valence-electron chi connectivity index (χ4n) is 16.1.